The molecule has 1 aliphatic heterocycles. The summed E-state index contributed by atoms with van der Waals surface area (Å²) in [5.74, 6) is -0.817. The Morgan fingerprint density at radius 2 is 2.00 bits per heavy atom. The highest BCUT2D eigenvalue weighted by atomic mass is 79.9. The van der Waals surface area contributed by atoms with Gasteiger partial charge in [-0.1, -0.05) is 0 Å². The van der Waals surface area contributed by atoms with Crippen molar-refractivity contribution in [2.75, 3.05) is 24.5 Å². The highest BCUT2D eigenvalue weighted by Gasteiger charge is 2.26. The van der Waals surface area contributed by atoms with Gasteiger partial charge in [0.05, 0.1) is 10.2 Å². The lowest BCUT2D eigenvalue weighted by atomic mass is 10.1. The minimum Gasteiger partial charge on any atom is -0.367 e. The molecule has 1 saturated heterocycles. The smallest absolute Gasteiger partial charge is 0.147 e. The van der Waals surface area contributed by atoms with Crippen molar-refractivity contribution in [1.29, 1.82) is 0 Å². The van der Waals surface area contributed by atoms with E-state index in [1.807, 2.05) is 4.90 Å². The van der Waals surface area contributed by atoms with Crippen molar-refractivity contribution in [3.63, 3.8) is 0 Å². The molecule has 0 bridgehead atoms. The molecular formula is C13H17BrF2N2. The van der Waals surface area contributed by atoms with Crippen molar-refractivity contribution in [3.05, 3.63) is 28.2 Å². The SMILES string of the molecule is CC1(C)CN(c2cc(F)c(Br)cc2F)CCCN1. The molecule has 1 aromatic carbocycles. The van der Waals surface area contributed by atoms with Gasteiger partial charge in [0.15, 0.2) is 0 Å². The Morgan fingerprint density at radius 3 is 2.72 bits per heavy atom. The molecule has 0 saturated carbocycles. The van der Waals surface area contributed by atoms with Gasteiger partial charge in [0.1, 0.15) is 11.6 Å². The summed E-state index contributed by atoms with van der Waals surface area (Å²) >= 11 is 3.00. The van der Waals surface area contributed by atoms with Crippen molar-refractivity contribution in [1.82, 2.24) is 5.32 Å². The molecule has 18 heavy (non-hydrogen) atoms. The van der Waals surface area contributed by atoms with E-state index in [2.05, 4.69) is 35.1 Å². The van der Waals surface area contributed by atoms with Gasteiger partial charge in [0.25, 0.3) is 0 Å². The third-order valence-electron chi connectivity index (χ3n) is 3.12. The zero-order valence-electron chi connectivity index (χ0n) is 10.6. The van der Waals surface area contributed by atoms with Crippen LogP contribution in [-0.2, 0) is 0 Å². The first-order chi connectivity index (χ1) is 8.39. The number of anilines is 1. The van der Waals surface area contributed by atoms with Gasteiger partial charge >= 0.3 is 0 Å². The van der Waals surface area contributed by atoms with Crippen molar-refractivity contribution in [2.45, 2.75) is 25.8 Å². The highest BCUT2D eigenvalue weighted by Crippen LogP contribution is 2.28. The molecule has 1 heterocycles. The molecule has 0 spiro atoms. The summed E-state index contributed by atoms with van der Waals surface area (Å²) in [6.45, 7) is 6.42. The molecule has 0 aromatic heterocycles. The van der Waals surface area contributed by atoms with E-state index in [0.717, 1.165) is 19.5 Å². The Kier molecular flexibility index (Phi) is 3.92. The molecule has 0 amide bonds. The third-order valence-corrected chi connectivity index (χ3v) is 3.73. The van der Waals surface area contributed by atoms with Gasteiger partial charge in [-0.2, -0.15) is 0 Å². The van der Waals surface area contributed by atoms with E-state index in [4.69, 9.17) is 0 Å². The number of nitrogens with zero attached hydrogens (tertiary/aromatic N) is 1. The zero-order chi connectivity index (χ0) is 13.3. The summed E-state index contributed by atoms with van der Waals surface area (Å²) in [4.78, 5) is 1.91. The fourth-order valence-electron chi connectivity index (χ4n) is 2.27. The van der Waals surface area contributed by atoms with Gasteiger partial charge in [-0.3, -0.25) is 0 Å². The standard InChI is InChI=1S/C13H17BrF2N2/c1-13(2)8-18(5-3-4-17-13)12-7-10(15)9(14)6-11(12)16/h6-7,17H,3-5,8H2,1-2H3. The van der Waals surface area contributed by atoms with Crippen LogP contribution in [0.4, 0.5) is 14.5 Å². The number of rotatable bonds is 1. The number of nitrogens with one attached hydrogen (secondary N) is 1. The lowest BCUT2D eigenvalue weighted by molar-refractivity contribution is 0.415. The Labute approximate surface area is 114 Å². The molecule has 1 fully saturated rings. The zero-order valence-corrected chi connectivity index (χ0v) is 12.2. The summed E-state index contributed by atoms with van der Waals surface area (Å²) < 4.78 is 27.7. The van der Waals surface area contributed by atoms with E-state index < -0.39 is 5.82 Å². The van der Waals surface area contributed by atoms with Crippen LogP contribution in [0.2, 0.25) is 0 Å². The maximum atomic E-state index is 13.9. The number of hydrogen-bond acceptors (Lipinski definition) is 2. The first kappa shape index (κ1) is 13.7. The van der Waals surface area contributed by atoms with E-state index in [9.17, 15) is 8.78 Å². The largest absolute Gasteiger partial charge is 0.367 e. The second-order valence-corrected chi connectivity index (χ2v) is 6.16. The maximum Gasteiger partial charge on any atom is 0.147 e. The first-order valence-corrected chi connectivity index (χ1v) is 6.83. The van der Waals surface area contributed by atoms with E-state index in [1.165, 1.54) is 12.1 Å². The monoisotopic (exact) mass is 318 g/mol. The first-order valence-electron chi connectivity index (χ1n) is 6.03. The Morgan fingerprint density at radius 1 is 1.28 bits per heavy atom. The van der Waals surface area contributed by atoms with Crippen molar-refractivity contribution < 1.29 is 8.78 Å². The van der Waals surface area contributed by atoms with Crippen LogP contribution in [0.25, 0.3) is 0 Å². The normalized spacial score (nSPS) is 19.7. The molecule has 100 valence electrons. The second kappa shape index (κ2) is 5.13. The van der Waals surface area contributed by atoms with Crippen molar-refractivity contribution in [2.24, 2.45) is 0 Å². The lowest BCUT2D eigenvalue weighted by Gasteiger charge is -2.31. The lowest BCUT2D eigenvalue weighted by Crippen LogP contribution is -2.46. The van der Waals surface area contributed by atoms with E-state index in [0.29, 0.717) is 12.2 Å². The molecule has 0 aliphatic carbocycles. The molecule has 0 radical (unpaired) electrons. The minimum absolute atomic E-state index is 0.105. The van der Waals surface area contributed by atoms with Crippen molar-refractivity contribution >= 4 is 21.6 Å². The Hall–Kier alpha value is -0.680. The summed E-state index contributed by atoms with van der Waals surface area (Å²) in [5.41, 5.74) is 0.236. The van der Waals surface area contributed by atoms with Crippen LogP contribution in [0, 0.1) is 11.6 Å². The quantitative estimate of drug-likeness (QED) is 0.799. The van der Waals surface area contributed by atoms with E-state index in [1.54, 1.807) is 0 Å². The Balaban J connectivity index is 2.32. The van der Waals surface area contributed by atoms with Crippen LogP contribution in [0.15, 0.2) is 16.6 Å². The van der Waals surface area contributed by atoms with Gasteiger partial charge in [0, 0.05) is 24.7 Å². The molecule has 0 atom stereocenters. The average Bonchev–Trinajstić information content (AvgIpc) is 2.44. The summed E-state index contributed by atoms with van der Waals surface area (Å²) in [6.07, 6.45) is 0.917. The van der Waals surface area contributed by atoms with Gasteiger partial charge < -0.3 is 10.2 Å². The van der Waals surface area contributed by atoms with Crippen LogP contribution in [-0.4, -0.2) is 25.2 Å². The molecular weight excluding hydrogens is 302 g/mol. The second-order valence-electron chi connectivity index (χ2n) is 5.30. The van der Waals surface area contributed by atoms with Crippen LogP contribution in [0.1, 0.15) is 20.3 Å². The third kappa shape index (κ3) is 3.01. The van der Waals surface area contributed by atoms with Gasteiger partial charge in [0.2, 0.25) is 0 Å². The van der Waals surface area contributed by atoms with Crippen LogP contribution < -0.4 is 10.2 Å². The average molecular weight is 319 g/mol. The van der Waals surface area contributed by atoms with Crippen molar-refractivity contribution in [3.8, 4) is 0 Å². The molecule has 5 heteroatoms. The fraction of sp³-hybridized carbons (Fsp3) is 0.538. The van der Waals surface area contributed by atoms with Crippen LogP contribution in [0.3, 0.4) is 0 Å². The predicted molar refractivity (Wildman–Crippen MR) is 73.0 cm³/mol. The maximum absolute atomic E-state index is 13.9. The predicted octanol–water partition coefficient (Wildman–Crippen LogP) is 3.31. The minimum atomic E-state index is -0.429. The number of hydrogen-bond donors (Lipinski definition) is 1. The topological polar surface area (TPSA) is 15.3 Å². The summed E-state index contributed by atoms with van der Waals surface area (Å²) in [5, 5.41) is 3.40. The van der Waals surface area contributed by atoms with Crippen LogP contribution >= 0.6 is 15.9 Å². The highest BCUT2D eigenvalue weighted by molar-refractivity contribution is 9.10. The molecule has 2 nitrogen and oxygen atoms in total. The van der Waals surface area contributed by atoms with Crippen LogP contribution in [0.5, 0.6) is 0 Å². The van der Waals surface area contributed by atoms with E-state index >= 15 is 0 Å². The van der Waals surface area contributed by atoms with Gasteiger partial charge in [-0.05, 0) is 48.8 Å². The number of benzene rings is 1. The molecule has 0 unspecified atom stereocenters. The summed E-state index contributed by atoms with van der Waals surface area (Å²) in [6, 6.07) is 2.46. The van der Waals surface area contributed by atoms with Gasteiger partial charge in [-0.15, -0.1) is 0 Å². The molecule has 2 rings (SSSR count). The molecule has 1 aliphatic rings. The van der Waals surface area contributed by atoms with E-state index in [-0.39, 0.29) is 15.8 Å². The Bertz CT molecular complexity index is 449. The number of halogens is 3. The molecule has 1 N–H and O–H groups in total. The summed E-state index contributed by atoms with van der Waals surface area (Å²) in [7, 11) is 0. The van der Waals surface area contributed by atoms with Gasteiger partial charge in [-0.25, -0.2) is 8.78 Å². The fourth-order valence-corrected chi connectivity index (χ4v) is 2.58. The molecule has 1 aromatic rings.